The van der Waals surface area contributed by atoms with Crippen LogP contribution < -0.4 is 0 Å². The third-order valence-corrected chi connectivity index (χ3v) is 15.3. The van der Waals surface area contributed by atoms with Gasteiger partial charge in [0, 0.05) is 65.1 Å². The molecule has 0 saturated heterocycles. The van der Waals surface area contributed by atoms with Crippen LogP contribution in [0.2, 0.25) is 0 Å². The van der Waals surface area contributed by atoms with E-state index < -0.39 is 0 Å². The van der Waals surface area contributed by atoms with Gasteiger partial charge in [-0.1, -0.05) is 170 Å². The van der Waals surface area contributed by atoms with E-state index in [-0.39, 0.29) is 0 Å². The van der Waals surface area contributed by atoms with E-state index in [0.717, 1.165) is 44.5 Å². The molecule has 4 heterocycles. The molecule has 15 aromatic rings. The second kappa shape index (κ2) is 14.8. The molecule has 11 aromatic carbocycles. The molecule has 0 unspecified atom stereocenters. The first-order chi connectivity index (χ1) is 34.2. The molecule has 0 N–H and O–H groups in total. The lowest BCUT2D eigenvalue weighted by molar-refractivity contribution is 1.07. The largest absolute Gasteiger partial charge is 0.309 e. The van der Waals surface area contributed by atoms with Gasteiger partial charge in [-0.05, 0) is 86.9 Å². The number of hydrogen-bond acceptors (Lipinski definition) is 4. The Kier molecular flexibility index (Phi) is 8.17. The third-order valence-electron chi connectivity index (χ3n) is 14.1. The van der Waals surface area contributed by atoms with Gasteiger partial charge < -0.3 is 9.13 Å². The van der Waals surface area contributed by atoms with Gasteiger partial charge in [0.15, 0.2) is 17.5 Å². The minimum Gasteiger partial charge on any atom is -0.309 e. The van der Waals surface area contributed by atoms with Gasteiger partial charge in [0.2, 0.25) is 0 Å². The van der Waals surface area contributed by atoms with E-state index in [1.54, 1.807) is 0 Å². The first-order valence-corrected chi connectivity index (χ1v) is 24.2. The summed E-state index contributed by atoms with van der Waals surface area (Å²) in [6.07, 6.45) is 0. The van der Waals surface area contributed by atoms with E-state index in [9.17, 15) is 0 Å². The molecule has 0 atom stereocenters. The molecule has 0 fully saturated rings. The standard InChI is InChI=1S/C63H37N5S/c1-3-15-38(16-4-1)61-64-62(39-17-5-2-6-18-39)66-63(65-61)40-27-30-45-43-19-7-8-20-44(43)46-31-28-41(36-53(46)52(45)35-40)67-55-24-12-10-22-48(55)54-37-42(29-34-57(54)67)68-56-25-13-9-21-47(56)50-32-33-51-49-23-11-14-26-58(49)69-60(51)59(50)68/h1-37H. The van der Waals surface area contributed by atoms with Crippen LogP contribution >= 0.6 is 11.3 Å². The number of para-hydroxylation sites is 2. The minimum atomic E-state index is 0.636. The van der Waals surface area contributed by atoms with Gasteiger partial charge in [-0.2, -0.15) is 0 Å². The summed E-state index contributed by atoms with van der Waals surface area (Å²) in [5.41, 5.74) is 9.86. The Bertz CT molecular complexity index is 4540. The summed E-state index contributed by atoms with van der Waals surface area (Å²) in [6, 6.07) is 81.0. The van der Waals surface area contributed by atoms with Gasteiger partial charge in [-0.3, -0.25) is 0 Å². The highest BCUT2D eigenvalue weighted by atomic mass is 32.1. The number of thiophene rings is 1. The zero-order chi connectivity index (χ0) is 45.2. The van der Waals surface area contributed by atoms with Crippen LogP contribution in [0.5, 0.6) is 0 Å². The van der Waals surface area contributed by atoms with Gasteiger partial charge in [0.1, 0.15) is 0 Å². The summed E-state index contributed by atoms with van der Waals surface area (Å²) >= 11 is 1.89. The Morgan fingerprint density at radius 1 is 0.275 bits per heavy atom. The van der Waals surface area contributed by atoms with Crippen molar-refractivity contribution in [2.45, 2.75) is 0 Å². The van der Waals surface area contributed by atoms with E-state index in [4.69, 9.17) is 15.0 Å². The highest BCUT2D eigenvalue weighted by Gasteiger charge is 2.21. The lowest BCUT2D eigenvalue weighted by Gasteiger charge is -2.15. The number of rotatable bonds is 5. The summed E-state index contributed by atoms with van der Waals surface area (Å²) in [4.78, 5) is 15.2. The fourth-order valence-electron chi connectivity index (χ4n) is 11.0. The number of nitrogens with zero attached hydrogens (tertiary/aromatic N) is 5. The van der Waals surface area contributed by atoms with Crippen molar-refractivity contribution in [2.24, 2.45) is 0 Å². The topological polar surface area (TPSA) is 48.5 Å². The molecular weight excluding hydrogens is 859 g/mol. The van der Waals surface area contributed by atoms with Crippen LogP contribution in [-0.2, 0) is 0 Å². The molecule has 0 aliphatic heterocycles. The smallest absolute Gasteiger partial charge is 0.164 e. The molecule has 15 rings (SSSR count). The second-order valence-electron chi connectivity index (χ2n) is 17.9. The first kappa shape index (κ1) is 38.2. The Balaban J connectivity index is 0.954. The predicted molar refractivity (Wildman–Crippen MR) is 290 cm³/mol. The van der Waals surface area contributed by atoms with Gasteiger partial charge >= 0.3 is 0 Å². The van der Waals surface area contributed by atoms with Crippen LogP contribution in [0.3, 0.4) is 0 Å². The van der Waals surface area contributed by atoms with Crippen LogP contribution in [0, 0.1) is 0 Å². The zero-order valence-corrected chi connectivity index (χ0v) is 37.8. The number of fused-ring (bicyclic) bond motifs is 16. The molecule has 4 aromatic heterocycles. The predicted octanol–water partition coefficient (Wildman–Crippen LogP) is 16.9. The van der Waals surface area contributed by atoms with Crippen molar-refractivity contribution in [1.82, 2.24) is 24.1 Å². The maximum absolute atomic E-state index is 5.13. The lowest BCUT2D eigenvalue weighted by Crippen LogP contribution is -2.00. The Morgan fingerprint density at radius 2 is 0.725 bits per heavy atom. The van der Waals surface area contributed by atoms with E-state index in [1.165, 1.54) is 79.7 Å². The molecule has 320 valence electrons. The third kappa shape index (κ3) is 5.73. The molecule has 0 aliphatic carbocycles. The van der Waals surface area contributed by atoms with E-state index >= 15 is 0 Å². The van der Waals surface area contributed by atoms with Gasteiger partial charge in [0.25, 0.3) is 0 Å². The van der Waals surface area contributed by atoms with Crippen LogP contribution in [0.15, 0.2) is 224 Å². The molecule has 0 spiro atoms. The summed E-state index contributed by atoms with van der Waals surface area (Å²) in [5.74, 6) is 1.93. The fraction of sp³-hybridized carbons (Fsp3) is 0. The summed E-state index contributed by atoms with van der Waals surface area (Å²) < 4.78 is 7.56. The van der Waals surface area contributed by atoms with Crippen LogP contribution in [0.1, 0.15) is 0 Å². The van der Waals surface area contributed by atoms with E-state index in [1.807, 2.05) is 47.7 Å². The first-order valence-electron chi connectivity index (χ1n) is 23.3. The van der Waals surface area contributed by atoms with Crippen molar-refractivity contribution in [3.8, 4) is 45.5 Å². The normalized spacial score (nSPS) is 12.1. The van der Waals surface area contributed by atoms with Crippen molar-refractivity contribution < 1.29 is 0 Å². The quantitative estimate of drug-likeness (QED) is 0.162. The van der Waals surface area contributed by atoms with Crippen molar-refractivity contribution in [1.29, 1.82) is 0 Å². The minimum absolute atomic E-state index is 0.636. The van der Waals surface area contributed by atoms with E-state index in [2.05, 4.69) is 197 Å². The number of hydrogen-bond donors (Lipinski definition) is 0. The molecule has 0 radical (unpaired) electrons. The molecule has 0 saturated carbocycles. The van der Waals surface area contributed by atoms with E-state index in [0.29, 0.717) is 17.5 Å². The Hall–Kier alpha value is -8.97. The molecule has 5 nitrogen and oxygen atoms in total. The van der Waals surface area contributed by atoms with Crippen molar-refractivity contribution in [3.05, 3.63) is 224 Å². The fourth-order valence-corrected chi connectivity index (χ4v) is 12.3. The maximum Gasteiger partial charge on any atom is 0.164 e. The van der Waals surface area contributed by atoms with Crippen LogP contribution in [0.4, 0.5) is 0 Å². The number of benzene rings is 11. The monoisotopic (exact) mass is 895 g/mol. The van der Waals surface area contributed by atoms with Crippen molar-refractivity contribution in [2.75, 3.05) is 0 Å². The Morgan fingerprint density at radius 3 is 1.42 bits per heavy atom. The average Bonchev–Trinajstić information content (AvgIpc) is 4.09. The van der Waals surface area contributed by atoms with Crippen LogP contribution in [0.25, 0.3) is 142 Å². The second-order valence-corrected chi connectivity index (χ2v) is 19.0. The van der Waals surface area contributed by atoms with Gasteiger partial charge in [-0.15, -0.1) is 11.3 Å². The average molecular weight is 896 g/mol. The SMILES string of the molecule is c1ccc(-c2nc(-c3ccccc3)nc(-c3ccc4c5ccccc5c5ccc(-n6c7ccccc7c7cc(-n8c9ccccc9c9ccc%10c%11ccccc%11sc%10c98)ccc76)cc5c4c3)n2)cc1. The van der Waals surface area contributed by atoms with Gasteiger partial charge in [0.05, 0.1) is 26.8 Å². The highest BCUT2D eigenvalue weighted by molar-refractivity contribution is 7.26. The molecule has 69 heavy (non-hydrogen) atoms. The molecule has 6 heteroatoms. The Labute approximate surface area is 399 Å². The molecular formula is C63H37N5S. The summed E-state index contributed by atoms with van der Waals surface area (Å²) in [7, 11) is 0. The molecule has 0 amide bonds. The molecule has 0 bridgehead atoms. The van der Waals surface area contributed by atoms with Crippen molar-refractivity contribution in [3.63, 3.8) is 0 Å². The summed E-state index contributed by atoms with van der Waals surface area (Å²) in [5, 5.41) is 14.7. The summed E-state index contributed by atoms with van der Waals surface area (Å²) in [6.45, 7) is 0. The van der Waals surface area contributed by atoms with Gasteiger partial charge in [-0.25, -0.2) is 15.0 Å². The highest BCUT2D eigenvalue weighted by Crippen LogP contribution is 2.45. The van der Waals surface area contributed by atoms with Crippen LogP contribution in [-0.4, -0.2) is 24.1 Å². The lowest BCUT2D eigenvalue weighted by atomic mass is 9.93. The maximum atomic E-state index is 5.13. The number of aromatic nitrogens is 5. The molecule has 0 aliphatic rings. The zero-order valence-electron chi connectivity index (χ0n) is 37.0. The van der Waals surface area contributed by atoms with Crippen molar-refractivity contribution >= 4 is 107 Å².